The Kier molecular flexibility index (Phi) is 10.5. The number of halogens is 4. The normalized spacial score (nSPS) is 23.7. The summed E-state index contributed by atoms with van der Waals surface area (Å²) in [5.41, 5.74) is 0.321. The minimum absolute atomic E-state index is 0. The number of fused-ring (bicyclic) bond motifs is 5. The molecule has 4 aliphatic rings. The molecule has 4 fully saturated rings. The quantitative estimate of drug-likeness (QED) is 0.231. The first-order valence-electron chi connectivity index (χ1n) is 17.0. The van der Waals surface area contributed by atoms with Gasteiger partial charge >= 0.3 is 12.1 Å². The molecule has 2 bridgehead atoms. The zero-order valence-electron chi connectivity index (χ0n) is 28.5. The number of hydrogen-bond donors (Lipinski definition) is 1. The highest BCUT2D eigenvalue weighted by molar-refractivity contribution is 6.02. The first kappa shape index (κ1) is 36.8. The van der Waals surface area contributed by atoms with Crippen molar-refractivity contribution in [3.05, 3.63) is 53.7 Å². The van der Waals surface area contributed by atoms with Gasteiger partial charge in [-0.05, 0) is 56.5 Å². The fourth-order valence-corrected chi connectivity index (χ4v) is 8.46. The van der Waals surface area contributed by atoms with Gasteiger partial charge in [0, 0.05) is 62.5 Å². The van der Waals surface area contributed by atoms with Crippen LogP contribution in [0.1, 0.15) is 44.1 Å². The Hall–Kier alpha value is -4.02. The number of aromatic nitrogens is 3. The molecule has 0 saturated carbocycles. The van der Waals surface area contributed by atoms with E-state index in [1.165, 1.54) is 11.0 Å². The molecule has 10 nitrogen and oxygen atoms in total. The number of ether oxygens (including phenoxy) is 2. The first-order valence-corrected chi connectivity index (χ1v) is 17.0. The average molecular weight is 741 g/mol. The predicted octanol–water partition coefficient (Wildman–Crippen LogP) is 5.96. The van der Waals surface area contributed by atoms with Gasteiger partial charge in [-0.25, -0.2) is 13.6 Å². The molecular formula is C37H41Cl2F2N7O3. The standard InChI is InChI=1S/C37H39F2N7O3.2ClH/c1-4-26-29(38)12-9-22-7-5-8-27(30(22)26)32-31(39)33-28(17-40-32)34(45-18-23-10-11-24(19-45)41-23)43-35(42-33)49-21-37-14-6-16-46(37)25(13-15-37)20-48-36(47)44(2)3;;/h1,5,7-9,12,17,23-25,41H,6,10-11,13-16,18-21H2,2-3H3;2*1H/t23-,24+,25-,37-;;/m1../s1. The summed E-state index contributed by atoms with van der Waals surface area (Å²) in [4.78, 5) is 32.3. The molecule has 2 aromatic heterocycles. The van der Waals surface area contributed by atoms with Gasteiger partial charge in [-0.1, -0.05) is 30.2 Å². The Balaban J connectivity index is 0.00000224. The Bertz CT molecular complexity index is 2000. The Labute approximate surface area is 308 Å². The predicted molar refractivity (Wildman–Crippen MR) is 197 cm³/mol. The molecule has 51 heavy (non-hydrogen) atoms. The van der Waals surface area contributed by atoms with Crippen LogP contribution < -0.4 is 15.0 Å². The number of nitrogens with zero attached hydrogens (tertiary/aromatic N) is 6. The van der Waals surface area contributed by atoms with Crippen LogP contribution in [0.3, 0.4) is 0 Å². The van der Waals surface area contributed by atoms with E-state index in [2.05, 4.69) is 31.0 Å². The van der Waals surface area contributed by atoms with Crippen LogP contribution in [0.4, 0.5) is 19.4 Å². The van der Waals surface area contributed by atoms with E-state index in [4.69, 9.17) is 20.9 Å². The SMILES string of the molecule is C#Cc1c(F)ccc2cccc(-c3ncc4c(N5C[C@H]6CC[C@@H](C5)N6)nc(OC[C@]56CCCN5[C@@H](COC(=O)N(C)C)CC6)nc4c3F)c12.Cl.Cl. The molecule has 4 aliphatic heterocycles. The lowest BCUT2D eigenvalue weighted by atomic mass is 9.95. The van der Waals surface area contributed by atoms with Crippen molar-refractivity contribution in [2.75, 3.05) is 51.8 Å². The zero-order valence-corrected chi connectivity index (χ0v) is 30.2. The third kappa shape index (κ3) is 6.50. The molecule has 1 amide bonds. The summed E-state index contributed by atoms with van der Waals surface area (Å²) in [5, 5.41) is 5.25. The van der Waals surface area contributed by atoms with Gasteiger partial charge in [0.2, 0.25) is 0 Å². The van der Waals surface area contributed by atoms with Crippen molar-refractivity contribution in [1.29, 1.82) is 0 Å². The molecule has 270 valence electrons. The number of amides is 1. The number of hydrogen-bond acceptors (Lipinski definition) is 9. The topological polar surface area (TPSA) is 95.9 Å². The van der Waals surface area contributed by atoms with E-state index in [-0.39, 0.29) is 65.3 Å². The molecule has 2 aromatic carbocycles. The van der Waals surface area contributed by atoms with Crippen molar-refractivity contribution in [2.24, 2.45) is 0 Å². The summed E-state index contributed by atoms with van der Waals surface area (Å²) < 4.78 is 43.8. The lowest BCUT2D eigenvalue weighted by Gasteiger charge is -2.35. The molecule has 0 aliphatic carbocycles. The number of pyridine rings is 1. The number of carbonyl (C=O) groups excluding carboxylic acids is 1. The van der Waals surface area contributed by atoms with E-state index >= 15 is 4.39 Å². The third-order valence-corrected chi connectivity index (χ3v) is 10.8. The van der Waals surface area contributed by atoms with E-state index < -0.39 is 11.6 Å². The number of anilines is 1. The van der Waals surface area contributed by atoms with Gasteiger partial charge in [-0.2, -0.15) is 9.97 Å². The first-order chi connectivity index (χ1) is 23.7. The van der Waals surface area contributed by atoms with Gasteiger partial charge in [0.25, 0.3) is 0 Å². The van der Waals surface area contributed by atoms with Crippen molar-refractivity contribution < 1.29 is 23.0 Å². The average Bonchev–Trinajstić information content (AvgIpc) is 3.78. The van der Waals surface area contributed by atoms with Gasteiger partial charge in [0.1, 0.15) is 36.1 Å². The third-order valence-electron chi connectivity index (χ3n) is 10.8. The van der Waals surface area contributed by atoms with Crippen LogP contribution in [0.15, 0.2) is 36.5 Å². The number of benzene rings is 2. The summed E-state index contributed by atoms with van der Waals surface area (Å²) in [7, 11) is 3.35. The molecular weight excluding hydrogens is 699 g/mol. The van der Waals surface area contributed by atoms with Gasteiger partial charge in [-0.3, -0.25) is 9.88 Å². The summed E-state index contributed by atoms with van der Waals surface area (Å²) in [6.45, 7) is 2.99. The molecule has 1 N–H and O–H groups in total. The molecule has 0 unspecified atom stereocenters. The molecule has 14 heteroatoms. The van der Waals surface area contributed by atoms with Crippen molar-refractivity contribution in [3.8, 4) is 29.6 Å². The maximum absolute atomic E-state index is 16.9. The lowest BCUT2D eigenvalue weighted by Crippen LogP contribution is -2.51. The largest absolute Gasteiger partial charge is 0.461 e. The highest BCUT2D eigenvalue weighted by Crippen LogP contribution is 2.43. The Morgan fingerprint density at radius 3 is 2.63 bits per heavy atom. The van der Waals surface area contributed by atoms with Gasteiger partial charge < -0.3 is 24.6 Å². The van der Waals surface area contributed by atoms with E-state index in [0.29, 0.717) is 52.8 Å². The van der Waals surface area contributed by atoms with Crippen LogP contribution in [0, 0.1) is 24.0 Å². The number of carbonyl (C=O) groups is 1. The fraction of sp³-hybridized carbons (Fsp3) is 0.459. The lowest BCUT2D eigenvalue weighted by molar-refractivity contribution is 0.0484. The number of nitrogens with one attached hydrogen (secondary N) is 1. The van der Waals surface area contributed by atoms with Crippen LogP contribution in [0.25, 0.3) is 32.9 Å². The maximum atomic E-state index is 16.9. The summed E-state index contributed by atoms with van der Waals surface area (Å²) in [5.74, 6) is 1.84. The second kappa shape index (κ2) is 14.5. The summed E-state index contributed by atoms with van der Waals surface area (Å²) in [6, 6.07) is 9.09. The van der Waals surface area contributed by atoms with Gasteiger partial charge in [0.05, 0.1) is 16.5 Å². The van der Waals surface area contributed by atoms with Crippen LogP contribution in [-0.2, 0) is 4.74 Å². The van der Waals surface area contributed by atoms with Crippen LogP contribution in [-0.4, -0.2) is 101 Å². The maximum Gasteiger partial charge on any atom is 0.409 e. The molecule has 0 spiro atoms. The smallest absolute Gasteiger partial charge is 0.409 e. The highest BCUT2D eigenvalue weighted by atomic mass is 35.5. The molecule has 8 rings (SSSR count). The molecule has 4 saturated heterocycles. The van der Waals surface area contributed by atoms with Crippen molar-refractivity contribution in [1.82, 2.24) is 30.1 Å². The highest BCUT2D eigenvalue weighted by Gasteiger charge is 2.50. The monoisotopic (exact) mass is 739 g/mol. The van der Waals surface area contributed by atoms with Gasteiger partial charge in [0.15, 0.2) is 5.82 Å². The fourth-order valence-electron chi connectivity index (χ4n) is 8.46. The van der Waals surface area contributed by atoms with E-state index in [0.717, 1.165) is 58.2 Å². The Morgan fingerprint density at radius 2 is 1.88 bits per heavy atom. The van der Waals surface area contributed by atoms with Crippen LogP contribution in [0.5, 0.6) is 6.01 Å². The summed E-state index contributed by atoms with van der Waals surface area (Å²) in [6.07, 6.45) is 12.8. The van der Waals surface area contributed by atoms with E-state index in [1.807, 2.05) is 6.07 Å². The molecule has 0 radical (unpaired) electrons. The van der Waals surface area contributed by atoms with Gasteiger partial charge in [-0.15, -0.1) is 31.2 Å². The summed E-state index contributed by atoms with van der Waals surface area (Å²) >= 11 is 0. The number of rotatable bonds is 7. The minimum atomic E-state index is -0.645. The molecule has 4 atom stereocenters. The van der Waals surface area contributed by atoms with E-state index in [1.54, 1.807) is 38.5 Å². The second-order valence-corrected chi connectivity index (χ2v) is 14.0. The van der Waals surface area contributed by atoms with Crippen molar-refractivity contribution in [3.63, 3.8) is 0 Å². The van der Waals surface area contributed by atoms with Crippen LogP contribution >= 0.6 is 24.8 Å². The minimum Gasteiger partial charge on any atom is -0.461 e. The van der Waals surface area contributed by atoms with Crippen molar-refractivity contribution >= 4 is 58.4 Å². The van der Waals surface area contributed by atoms with Crippen LogP contribution in [0.2, 0.25) is 0 Å². The second-order valence-electron chi connectivity index (χ2n) is 14.0. The molecule has 4 aromatic rings. The molecule has 6 heterocycles. The zero-order chi connectivity index (χ0) is 33.9. The number of piperazine rings is 1. The Morgan fingerprint density at radius 1 is 1.10 bits per heavy atom. The number of terminal acetylenes is 1. The van der Waals surface area contributed by atoms with E-state index in [9.17, 15) is 9.18 Å². The van der Waals surface area contributed by atoms with Crippen molar-refractivity contribution in [2.45, 2.75) is 62.2 Å².